The van der Waals surface area contributed by atoms with Crippen molar-refractivity contribution in [2.45, 2.75) is 20.5 Å². The minimum atomic E-state index is -0.525. The summed E-state index contributed by atoms with van der Waals surface area (Å²) in [6.45, 7) is 3.59. The Hall–Kier alpha value is -3.35. The lowest BCUT2D eigenvalue weighted by molar-refractivity contribution is 0.0437. The molecule has 7 nitrogen and oxygen atoms in total. The number of carbonyl (C=O) groups excluding carboxylic acids is 2. The van der Waals surface area contributed by atoms with Crippen LogP contribution in [0, 0.1) is 13.8 Å². The van der Waals surface area contributed by atoms with Crippen LogP contribution >= 0.6 is 0 Å². The number of hydrogen-bond donors (Lipinski definition) is 1. The molecule has 1 N–H and O–H groups in total. The highest BCUT2D eigenvalue weighted by molar-refractivity contribution is 6.03. The van der Waals surface area contributed by atoms with E-state index in [0.29, 0.717) is 22.7 Å². The number of rotatable bonds is 5. The van der Waals surface area contributed by atoms with Crippen LogP contribution in [-0.2, 0) is 11.3 Å². The zero-order valence-electron chi connectivity index (χ0n) is 13.7. The lowest BCUT2D eigenvalue weighted by Crippen LogP contribution is -2.13. The van der Waals surface area contributed by atoms with Gasteiger partial charge in [-0.05, 0) is 43.7 Å². The maximum absolute atomic E-state index is 12.2. The van der Waals surface area contributed by atoms with Gasteiger partial charge in [-0.25, -0.2) is 4.79 Å². The van der Waals surface area contributed by atoms with Gasteiger partial charge in [0.1, 0.15) is 0 Å². The molecule has 7 heteroatoms. The molecule has 0 aliphatic rings. The Balaban J connectivity index is 1.69. The first kappa shape index (κ1) is 16.5. The van der Waals surface area contributed by atoms with Crippen molar-refractivity contribution >= 4 is 17.6 Å². The fourth-order valence-electron chi connectivity index (χ4n) is 2.18. The number of amides is 1. The molecule has 0 aliphatic carbocycles. The number of furan rings is 1. The fraction of sp³-hybridized carbons (Fsp3) is 0.167. The molecule has 1 aromatic carbocycles. The Morgan fingerprint density at radius 1 is 1.20 bits per heavy atom. The molecule has 128 valence electrons. The quantitative estimate of drug-likeness (QED) is 0.714. The van der Waals surface area contributed by atoms with Crippen molar-refractivity contribution in [1.29, 1.82) is 0 Å². The summed E-state index contributed by atoms with van der Waals surface area (Å²) in [5.74, 6) is -0.268. The third kappa shape index (κ3) is 3.95. The molecule has 25 heavy (non-hydrogen) atoms. The van der Waals surface area contributed by atoms with E-state index in [2.05, 4.69) is 10.5 Å². The number of anilines is 1. The van der Waals surface area contributed by atoms with Crippen LogP contribution < -0.4 is 5.32 Å². The monoisotopic (exact) mass is 340 g/mol. The predicted octanol–water partition coefficient (Wildman–Crippen LogP) is 3.49. The van der Waals surface area contributed by atoms with Crippen LogP contribution in [0.2, 0.25) is 0 Å². The number of nitrogens with one attached hydrogen (secondary N) is 1. The molecule has 3 aromatic rings. The first-order valence-electron chi connectivity index (χ1n) is 7.58. The highest BCUT2D eigenvalue weighted by atomic mass is 16.5. The van der Waals surface area contributed by atoms with Crippen LogP contribution in [-0.4, -0.2) is 17.0 Å². The molecule has 1 amide bonds. The number of aromatic nitrogens is 1. The zero-order valence-corrected chi connectivity index (χ0v) is 13.7. The van der Waals surface area contributed by atoms with Crippen LogP contribution in [0.1, 0.15) is 37.9 Å². The summed E-state index contributed by atoms with van der Waals surface area (Å²) in [5, 5.41) is 6.44. The average Bonchev–Trinajstić information content (AvgIpc) is 3.26. The standard InChI is InChI=1S/C18H16N2O5/c1-11-5-6-13(18(22)24-10-14-8-12(2)20-25-14)9-15(11)19-17(21)16-4-3-7-23-16/h3-9H,10H2,1-2H3,(H,19,21). The van der Waals surface area contributed by atoms with Gasteiger partial charge < -0.3 is 19.0 Å². The second-order valence-corrected chi connectivity index (χ2v) is 5.47. The van der Waals surface area contributed by atoms with E-state index < -0.39 is 11.9 Å². The normalized spacial score (nSPS) is 10.5. The summed E-state index contributed by atoms with van der Waals surface area (Å²) in [7, 11) is 0. The van der Waals surface area contributed by atoms with Crippen molar-refractivity contribution in [1.82, 2.24) is 5.16 Å². The Kier molecular flexibility index (Phi) is 4.65. The fourth-order valence-corrected chi connectivity index (χ4v) is 2.18. The van der Waals surface area contributed by atoms with Crippen molar-refractivity contribution in [3.8, 4) is 0 Å². The van der Waals surface area contributed by atoms with Gasteiger partial charge in [-0.2, -0.15) is 0 Å². The van der Waals surface area contributed by atoms with E-state index in [1.54, 1.807) is 43.3 Å². The van der Waals surface area contributed by atoms with Crippen LogP contribution in [0.15, 0.2) is 51.6 Å². The predicted molar refractivity (Wildman–Crippen MR) is 88.2 cm³/mol. The third-order valence-corrected chi connectivity index (χ3v) is 3.49. The molecule has 0 bridgehead atoms. The molecule has 0 fully saturated rings. The van der Waals surface area contributed by atoms with Crippen molar-refractivity contribution < 1.29 is 23.3 Å². The van der Waals surface area contributed by atoms with Gasteiger partial charge in [0.25, 0.3) is 5.91 Å². The van der Waals surface area contributed by atoms with Gasteiger partial charge in [0, 0.05) is 11.8 Å². The second kappa shape index (κ2) is 7.04. The maximum atomic E-state index is 12.2. The van der Waals surface area contributed by atoms with E-state index in [0.717, 1.165) is 5.56 Å². The van der Waals surface area contributed by atoms with Crippen molar-refractivity contribution in [3.05, 3.63) is 71.0 Å². The van der Waals surface area contributed by atoms with Gasteiger partial charge in [-0.15, -0.1) is 0 Å². The summed E-state index contributed by atoms with van der Waals surface area (Å²) < 4.78 is 15.2. The lowest BCUT2D eigenvalue weighted by Gasteiger charge is -2.09. The Morgan fingerprint density at radius 3 is 2.72 bits per heavy atom. The molecule has 0 unspecified atom stereocenters. The van der Waals surface area contributed by atoms with E-state index in [4.69, 9.17) is 13.7 Å². The molecule has 0 atom stereocenters. The maximum Gasteiger partial charge on any atom is 0.338 e. The van der Waals surface area contributed by atoms with E-state index in [9.17, 15) is 9.59 Å². The van der Waals surface area contributed by atoms with Crippen LogP contribution in [0.25, 0.3) is 0 Å². The molecule has 0 aliphatic heterocycles. The number of benzene rings is 1. The Labute approximate surface area is 143 Å². The highest BCUT2D eigenvalue weighted by Crippen LogP contribution is 2.19. The number of hydrogen-bond acceptors (Lipinski definition) is 6. The first-order valence-corrected chi connectivity index (χ1v) is 7.58. The molecular weight excluding hydrogens is 324 g/mol. The van der Waals surface area contributed by atoms with Crippen LogP contribution in [0.5, 0.6) is 0 Å². The SMILES string of the molecule is Cc1cc(COC(=O)c2ccc(C)c(NC(=O)c3ccco3)c2)on1. The zero-order chi connectivity index (χ0) is 17.8. The van der Waals surface area contributed by atoms with Crippen LogP contribution in [0.3, 0.4) is 0 Å². The number of esters is 1. The topological polar surface area (TPSA) is 94.6 Å². The molecule has 2 heterocycles. The van der Waals surface area contributed by atoms with E-state index in [1.165, 1.54) is 6.26 Å². The molecule has 3 rings (SSSR count). The van der Waals surface area contributed by atoms with Crippen molar-refractivity contribution in [2.24, 2.45) is 0 Å². The summed E-state index contributed by atoms with van der Waals surface area (Å²) >= 11 is 0. The number of nitrogens with zero attached hydrogens (tertiary/aromatic N) is 1. The number of aryl methyl sites for hydroxylation is 2. The molecule has 0 saturated carbocycles. The van der Waals surface area contributed by atoms with Gasteiger partial charge in [0.05, 0.1) is 17.5 Å². The molecular formula is C18H16N2O5. The first-order chi connectivity index (χ1) is 12.0. The Morgan fingerprint density at radius 2 is 2.04 bits per heavy atom. The van der Waals surface area contributed by atoms with Crippen LogP contribution in [0.4, 0.5) is 5.69 Å². The number of carbonyl (C=O) groups is 2. The van der Waals surface area contributed by atoms with Crippen molar-refractivity contribution in [2.75, 3.05) is 5.32 Å². The molecule has 0 radical (unpaired) electrons. The van der Waals surface area contributed by atoms with Gasteiger partial charge in [0.2, 0.25) is 0 Å². The van der Waals surface area contributed by atoms with E-state index >= 15 is 0 Å². The van der Waals surface area contributed by atoms with Gasteiger partial charge >= 0.3 is 5.97 Å². The smallest absolute Gasteiger partial charge is 0.338 e. The lowest BCUT2D eigenvalue weighted by atomic mass is 10.1. The molecule has 2 aromatic heterocycles. The van der Waals surface area contributed by atoms with Gasteiger partial charge in [0.15, 0.2) is 18.1 Å². The minimum Gasteiger partial charge on any atom is -0.459 e. The van der Waals surface area contributed by atoms with E-state index in [-0.39, 0.29) is 12.4 Å². The van der Waals surface area contributed by atoms with Gasteiger partial charge in [-0.3, -0.25) is 4.79 Å². The summed E-state index contributed by atoms with van der Waals surface area (Å²) in [5.41, 5.74) is 2.34. The highest BCUT2D eigenvalue weighted by Gasteiger charge is 2.14. The average molecular weight is 340 g/mol. The molecule has 0 saturated heterocycles. The largest absolute Gasteiger partial charge is 0.459 e. The second-order valence-electron chi connectivity index (χ2n) is 5.47. The number of ether oxygens (including phenoxy) is 1. The summed E-state index contributed by atoms with van der Waals surface area (Å²) in [4.78, 5) is 24.3. The van der Waals surface area contributed by atoms with Gasteiger partial charge in [-0.1, -0.05) is 11.2 Å². The summed E-state index contributed by atoms with van der Waals surface area (Å²) in [6, 6.07) is 9.79. The van der Waals surface area contributed by atoms with E-state index in [1.807, 2.05) is 6.92 Å². The summed E-state index contributed by atoms with van der Waals surface area (Å²) in [6.07, 6.45) is 1.42. The minimum absolute atomic E-state index is 0.0123. The van der Waals surface area contributed by atoms with Crippen molar-refractivity contribution in [3.63, 3.8) is 0 Å². The third-order valence-electron chi connectivity index (χ3n) is 3.49. The molecule has 0 spiro atoms. The Bertz CT molecular complexity index is 896.